The van der Waals surface area contributed by atoms with E-state index in [1.165, 1.54) is 5.56 Å². The van der Waals surface area contributed by atoms with Crippen molar-refractivity contribution >= 4 is 11.6 Å². The molecule has 7 heteroatoms. The molecule has 29 heavy (non-hydrogen) atoms. The molecule has 0 unspecified atom stereocenters. The minimum absolute atomic E-state index is 0.0334. The average molecular weight is 395 g/mol. The van der Waals surface area contributed by atoms with Crippen molar-refractivity contribution in [1.82, 2.24) is 10.1 Å². The second-order valence-electron chi connectivity index (χ2n) is 6.53. The molecule has 0 aliphatic carbocycles. The van der Waals surface area contributed by atoms with Crippen molar-refractivity contribution in [2.75, 3.05) is 19.5 Å². The first kappa shape index (κ1) is 20.4. The third-order valence-electron chi connectivity index (χ3n) is 4.55. The van der Waals surface area contributed by atoms with E-state index in [1.54, 1.807) is 26.4 Å². The molecular weight excluding hydrogens is 370 g/mol. The van der Waals surface area contributed by atoms with Gasteiger partial charge in [0.05, 0.1) is 14.2 Å². The first-order chi connectivity index (χ1) is 14.1. The topological polar surface area (TPSA) is 86.5 Å². The lowest BCUT2D eigenvalue weighted by Crippen LogP contribution is -2.11. The zero-order valence-electron chi connectivity index (χ0n) is 16.9. The highest BCUT2D eigenvalue weighted by Crippen LogP contribution is 2.31. The minimum Gasteiger partial charge on any atom is -0.493 e. The molecule has 1 heterocycles. The molecule has 0 fully saturated rings. The average Bonchev–Trinajstić information content (AvgIpc) is 3.22. The van der Waals surface area contributed by atoms with Crippen LogP contribution < -0.4 is 14.8 Å². The number of aryl methyl sites for hydroxylation is 2. The zero-order chi connectivity index (χ0) is 20.6. The molecule has 152 valence electrons. The maximum absolute atomic E-state index is 12.1. The summed E-state index contributed by atoms with van der Waals surface area (Å²) in [7, 11) is 3.16. The van der Waals surface area contributed by atoms with Crippen LogP contribution in [0, 0.1) is 0 Å². The van der Waals surface area contributed by atoms with Crippen molar-refractivity contribution in [2.45, 2.75) is 32.6 Å². The van der Waals surface area contributed by atoms with Gasteiger partial charge in [0.2, 0.25) is 17.6 Å². The van der Waals surface area contributed by atoms with Crippen LogP contribution in [0.3, 0.4) is 0 Å². The summed E-state index contributed by atoms with van der Waals surface area (Å²) >= 11 is 0. The number of hydrogen-bond donors (Lipinski definition) is 1. The maximum Gasteiger partial charge on any atom is 0.226 e. The molecule has 0 aliphatic rings. The van der Waals surface area contributed by atoms with E-state index in [0.29, 0.717) is 42.5 Å². The van der Waals surface area contributed by atoms with Crippen LogP contribution in [0.5, 0.6) is 11.5 Å². The monoisotopic (exact) mass is 395 g/mol. The number of anilines is 1. The Morgan fingerprint density at radius 3 is 2.52 bits per heavy atom. The highest BCUT2D eigenvalue weighted by molar-refractivity contribution is 5.90. The van der Waals surface area contributed by atoms with E-state index < -0.39 is 0 Å². The second kappa shape index (κ2) is 9.73. The van der Waals surface area contributed by atoms with Gasteiger partial charge in [0, 0.05) is 24.1 Å². The Morgan fingerprint density at radius 1 is 1.07 bits per heavy atom. The standard InChI is InChI=1S/C22H25N3O4/c1-4-15-8-11-17(12-9-15)23-20(26)6-5-7-21-24-22(25-29-21)16-10-13-18(27-2)19(14-16)28-3/h8-14H,4-7H2,1-3H3,(H,23,26). The molecule has 0 radical (unpaired) electrons. The SMILES string of the molecule is CCc1ccc(NC(=O)CCCc2nc(-c3ccc(OC)c(OC)c3)no2)cc1. The third kappa shape index (κ3) is 5.34. The molecule has 3 rings (SSSR count). The molecule has 0 spiro atoms. The molecule has 0 atom stereocenters. The number of ether oxygens (including phenoxy) is 2. The number of benzene rings is 2. The van der Waals surface area contributed by atoms with Crippen LogP contribution >= 0.6 is 0 Å². The fourth-order valence-corrected chi connectivity index (χ4v) is 2.90. The molecule has 0 aliphatic heterocycles. The summed E-state index contributed by atoms with van der Waals surface area (Å²) in [5.41, 5.74) is 2.82. The van der Waals surface area contributed by atoms with Crippen LogP contribution in [0.1, 0.15) is 31.2 Å². The van der Waals surface area contributed by atoms with Gasteiger partial charge in [-0.15, -0.1) is 0 Å². The molecular formula is C22H25N3O4. The maximum atomic E-state index is 12.1. The highest BCUT2D eigenvalue weighted by atomic mass is 16.5. The Morgan fingerprint density at radius 2 is 1.83 bits per heavy atom. The van der Waals surface area contributed by atoms with E-state index in [1.807, 2.05) is 30.3 Å². The van der Waals surface area contributed by atoms with E-state index in [9.17, 15) is 4.79 Å². The molecule has 2 aromatic carbocycles. The Bertz CT molecular complexity index is 951. The summed E-state index contributed by atoms with van der Waals surface area (Å²) in [6, 6.07) is 13.3. The van der Waals surface area contributed by atoms with Crippen LogP contribution in [-0.2, 0) is 17.6 Å². The first-order valence-corrected chi connectivity index (χ1v) is 9.56. The van der Waals surface area contributed by atoms with E-state index in [-0.39, 0.29) is 5.91 Å². The van der Waals surface area contributed by atoms with Gasteiger partial charge >= 0.3 is 0 Å². The number of carbonyl (C=O) groups excluding carboxylic acids is 1. The predicted octanol–water partition coefficient (Wildman–Crippen LogP) is 4.28. The summed E-state index contributed by atoms with van der Waals surface area (Å²) < 4.78 is 15.8. The predicted molar refractivity (Wildman–Crippen MR) is 110 cm³/mol. The molecule has 3 aromatic rings. The number of rotatable bonds is 9. The molecule has 0 saturated carbocycles. The summed E-state index contributed by atoms with van der Waals surface area (Å²) in [5.74, 6) is 2.17. The van der Waals surface area contributed by atoms with Gasteiger partial charge in [-0.25, -0.2) is 0 Å². The number of methoxy groups -OCH3 is 2. The van der Waals surface area contributed by atoms with Crippen molar-refractivity contribution in [3.05, 3.63) is 53.9 Å². The van der Waals surface area contributed by atoms with E-state index in [4.69, 9.17) is 14.0 Å². The van der Waals surface area contributed by atoms with Gasteiger partial charge in [-0.1, -0.05) is 24.2 Å². The number of aromatic nitrogens is 2. The van der Waals surface area contributed by atoms with Crippen molar-refractivity contribution in [3.8, 4) is 22.9 Å². The Hall–Kier alpha value is -3.35. The number of nitrogens with one attached hydrogen (secondary N) is 1. The van der Waals surface area contributed by atoms with E-state index in [0.717, 1.165) is 17.7 Å². The van der Waals surface area contributed by atoms with Gasteiger partial charge in [-0.3, -0.25) is 4.79 Å². The minimum atomic E-state index is -0.0334. The van der Waals surface area contributed by atoms with E-state index >= 15 is 0 Å². The molecule has 7 nitrogen and oxygen atoms in total. The lowest BCUT2D eigenvalue weighted by Gasteiger charge is -2.07. The largest absolute Gasteiger partial charge is 0.493 e. The van der Waals surface area contributed by atoms with Crippen LogP contribution in [0.2, 0.25) is 0 Å². The lowest BCUT2D eigenvalue weighted by molar-refractivity contribution is -0.116. The fourth-order valence-electron chi connectivity index (χ4n) is 2.90. The Labute approximate surface area is 170 Å². The number of nitrogens with zero attached hydrogens (tertiary/aromatic N) is 2. The third-order valence-corrected chi connectivity index (χ3v) is 4.55. The fraction of sp³-hybridized carbons (Fsp3) is 0.318. The van der Waals surface area contributed by atoms with Crippen molar-refractivity contribution in [3.63, 3.8) is 0 Å². The normalized spacial score (nSPS) is 10.6. The van der Waals surface area contributed by atoms with Gasteiger partial charge in [0.25, 0.3) is 0 Å². The van der Waals surface area contributed by atoms with Gasteiger partial charge in [-0.2, -0.15) is 4.98 Å². The van der Waals surface area contributed by atoms with Crippen molar-refractivity contribution in [1.29, 1.82) is 0 Å². The lowest BCUT2D eigenvalue weighted by atomic mass is 10.1. The van der Waals surface area contributed by atoms with Gasteiger partial charge < -0.3 is 19.3 Å². The summed E-state index contributed by atoms with van der Waals surface area (Å²) in [5, 5.41) is 6.92. The number of amides is 1. The molecule has 1 amide bonds. The number of hydrogen-bond acceptors (Lipinski definition) is 6. The molecule has 1 aromatic heterocycles. The van der Waals surface area contributed by atoms with Gasteiger partial charge in [0.1, 0.15) is 0 Å². The second-order valence-corrected chi connectivity index (χ2v) is 6.53. The zero-order valence-corrected chi connectivity index (χ0v) is 16.9. The number of carbonyl (C=O) groups is 1. The highest BCUT2D eigenvalue weighted by Gasteiger charge is 2.12. The van der Waals surface area contributed by atoms with Crippen molar-refractivity contribution < 1.29 is 18.8 Å². The molecule has 1 N–H and O–H groups in total. The smallest absolute Gasteiger partial charge is 0.226 e. The van der Waals surface area contributed by atoms with E-state index in [2.05, 4.69) is 22.4 Å². The van der Waals surface area contributed by atoms with Crippen LogP contribution in [-0.4, -0.2) is 30.3 Å². The summed E-state index contributed by atoms with van der Waals surface area (Å²) in [4.78, 5) is 16.5. The van der Waals surface area contributed by atoms with Crippen LogP contribution in [0.15, 0.2) is 47.0 Å². The Balaban J connectivity index is 1.52. The van der Waals surface area contributed by atoms with Crippen LogP contribution in [0.4, 0.5) is 5.69 Å². The van der Waals surface area contributed by atoms with Crippen molar-refractivity contribution in [2.24, 2.45) is 0 Å². The van der Waals surface area contributed by atoms with Crippen LogP contribution in [0.25, 0.3) is 11.4 Å². The summed E-state index contributed by atoms with van der Waals surface area (Å²) in [6.07, 6.45) is 2.50. The molecule has 0 saturated heterocycles. The van der Waals surface area contributed by atoms with Gasteiger partial charge in [-0.05, 0) is 48.7 Å². The quantitative estimate of drug-likeness (QED) is 0.582. The first-order valence-electron chi connectivity index (χ1n) is 9.56. The van der Waals surface area contributed by atoms with Gasteiger partial charge in [0.15, 0.2) is 11.5 Å². The molecule has 0 bridgehead atoms. The summed E-state index contributed by atoms with van der Waals surface area (Å²) in [6.45, 7) is 2.10. The Kier molecular flexibility index (Phi) is 6.84.